The minimum atomic E-state index is -3.62. The van der Waals surface area contributed by atoms with Gasteiger partial charge in [0.2, 0.25) is 15.9 Å². The van der Waals surface area contributed by atoms with E-state index in [0.29, 0.717) is 23.7 Å². The van der Waals surface area contributed by atoms with E-state index in [1.807, 2.05) is 39.8 Å². The molecule has 0 aromatic heterocycles. The van der Waals surface area contributed by atoms with E-state index in [-0.39, 0.29) is 6.54 Å². The van der Waals surface area contributed by atoms with E-state index in [2.05, 4.69) is 5.32 Å². The summed E-state index contributed by atoms with van der Waals surface area (Å²) in [6, 6.07) is 10.8. The summed E-state index contributed by atoms with van der Waals surface area (Å²) in [6.07, 6.45) is 1.11. The number of sulfonamides is 1. The minimum Gasteiger partial charge on any atom is -0.494 e. The van der Waals surface area contributed by atoms with Crippen LogP contribution in [0.1, 0.15) is 23.6 Å². The van der Waals surface area contributed by atoms with Crippen LogP contribution in [0.15, 0.2) is 36.4 Å². The Morgan fingerprint density at radius 3 is 2.11 bits per heavy atom. The first-order valence-electron chi connectivity index (χ1n) is 8.70. The Kier molecular flexibility index (Phi) is 6.49. The number of aryl methyl sites for hydroxylation is 3. The summed E-state index contributed by atoms with van der Waals surface area (Å²) in [5, 5.41) is 2.73. The summed E-state index contributed by atoms with van der Waals surface area (Å²) < 4.78 is 31.2. The minimum absolute atomic E-state index is 0.295. The molecule has 0 heterocycles. The fourth-order valence-electron chi connectivity index (χ4n) is 3.06. The Balaban J connectivity index is 2.23. The van der Waals surface area contributed by atoms with Crippen LogP contribution in [0.5, 0.6) is 5.75 Å². The molecular formula is C20H26N2O4S. The average Bonchev–Trinajstić information content (AvgIpc) is 2.54. The van der Waals surface area contributed by atoms with Gasteiger partial charge in [0.15, 0.2) is 0 Å². The molecule has 0 fully saturated rings. The van der Waals surface area contributed by atoms with Gasteiger partial charge in [0.25, 0.3) is 0 Å². The number of nitrogens with zero attached hydrogens (tertiary/aromatic N) is 1. The Morgan fingerprint density at radius 2 is 1.63 bits per heavy atom. The van der Waals surface area contributed by atoms with Crippen molar-refractivity contribution in [2.45, 2.75) is 27.7 Å². The van der Waals surface area contributed by atoms with Crippen LogP contribution in [0.2, 0.25) is 0 Å². The quantitative estimate of drug-likeness (QED) is 0.786. The molecule has 0 saturated carbocycles. The van der Waals surface area contributed by atoms with Crippen molar-refractivity contribution in [2.75, 3.05) is 29.0 Å². The Morgan fingerprint density at radius 1 is 1.07 bits per heavy atom. The zero-order chi connectivity index (χ0) is 20.2. The van der Waals surface area contributed by atoms with Crippen molar-refractivity contribution in [2.24, 2.45) is 0 Å². The lowest BCUT2D eigenvalue weighted by Crippen LogP contribution is -2.38. The third-order valence-electron chi connectivity index (χ3n) is 4.02. The molecule has 0 bridgehead atoms. The van der Waals surface area contributed by atoms with E-state index in [9.17, 15) is 13.2 Å². The second kappa shape index (κ2) is 8.43. The number of rotatable bonds is 7. The normalized spacial score (nSPS) is 11.1. The van der Waals surface area contributed by atoms with Crippen molar-refractivity contribution in [3.63, 3.8) is 0 Å². The van der Waals surface area contributed by atoms with Gasteiger partial charge in [-0.05, 0) is 63.1 Å². The van der Waals surface area contributed by atoms with Gasteiger partial charge in [0.05, 0.1) is 18.6 Å². The van der Waals surface area contributed by atoms with E-state index in [0.717, 1.165) is 27.3 Å². The maximum atomic E-state index is 12.5. The maximum absolute atomic E-state index is 12.5. The fraction of sp³-hybridized carbons (Fsp3) is 0.350. The Hall–Kier alpha value is -2.54. The first-order chi connectivity index (χ1) is 12.6. The summed E-state index contributed by atoms with van der Waals surface area (Å²) in [7, 11) is -3.62. The lowest BCUT2D eigenvalue weighted by Gasteiger charge is -2.26. The van der Waals surface area contributed by atoms with E-state index in [1.165, 1.54) is 0 Å². The van der Waals surface area contributed by atoms with Gasteiger partial charge in [-0.25, -0.2) is 8.42 Å². The molecule has 2 rings (SSSR count). The van der Waals surface area contributed by atoms with Crippen molar-refractivity contribution in [1.82, 2.24) is 0 Å². The molecule has 27 heavy (non-hydrogen) atoms. The number of ether oxygens (including phenoxy) is 1. The zero-order valence-electron chi connectivity index (χ0n) is 16.4. The Labute approximate surface area is 161 Å². The highest BCUT2D eigenvalue weighted by atomic mass is 32.2. The lowest BCUT2D eigenvalue weighted by atomic mass is 10.1. The number of amides is 1. The van der Waals surface area contributed by atoms with Gasteiger partial charge in [-0.2, -0.15) is 0 Å². The van der Waals surface area contributed by atoms with Crippen molar-refractivity contribution in [3.05, 3.63) is 53.1 Å². The van der Waals surface area contributed by atoms with Crippen LogP contribution in [0.25, 0.3) is 0 Å². The molecule has 0 unspecified atom stereocenters. The van der Waals surface area contributed by atoms with Gasteiger partial charge >= 0.3 is 0 Å². The van der Waals surface area contributed by atoms with Crippen LogP contribution in [0.4, 0.5) is 11.4 Å². The smallest absolute Gasteiger partial charge is 0.245 e. The topological polar surface area (TPSA) is 75.7 Å². The summed E-state index contributed by atoms with van der Waals surface area (Å²) >= 11 is 0. The van der Waals surface area contributed by atoms with Crippen molar-refractivity contribution >= 4 is 27.3 Å². The largest absolute Gasteiger partial charge is 0.494 e. The van der Waals surface area contributed by atoms with Crippen LogP contribution in [-0.2, 0) is 14.8 Å². The molecule has 146 valence electrons. The molecule has 0 atom stereocenters. The van der Waals surface area contributed by atoms with Gasteiger partial charge in [-0.15, -0.1) is 0 Å². The highest BCUT2D eigenvalue weighted by molar-refractivity contribution is 7.92. The van der Waals surface area contributed by atoms with Crippen LogP contribution < -0.4 is 14.4 Å². The summed E-state index contributed by atoms with van der Waals surface area (Å²) in [6.45, 7) is 7.80. The van der Waals surface area contributed by atoms with Crippen molar-refractivity contribution in [3.8, 4) is 5.75 Å². The molecule has 6 nitrogen and oxygen atoms in total. The third-order valence-corrected chi connectivity index (χ3v) is 5.13. The molecule has 0 aliphatic carbocycles. The lowest BCUT2D eigenvalue weighted by molar-refractivity contribution is -0.114. The fourth-order valence-corrected chi connectivity index (χ4v) is 4.03. The average molecular weight is 391 g/mol. The predicted octanol–water partition coefficient (Wildman–Crippen LogP) is 3.42. The molecular weight excluding hydrogens is 364 g/mol. The highest BCUT2D eigenvalue weighted by Gasteiger charge is 2.24. The monoisotopic (exact) mass is 390 g/mol. The van der Waals surface area contributed by atoms with Crippen LogP contribution in [0.3, 0.4) is 0 Å². The number of nitrogens with one attached hydrogen (secondary N) is 1. The number of carbonyl (C=O) groups is 1. The molecule has 1 amide bonds. The van der Waals surface area contributed by atoms with E-state index >= 15 is 0 Å². The number of hydrogen-bond donors (Lipinski definition) is 1. The number of hydrogen-bond acceptors (Lipinski definition) is 4. The number of benzene rings is 2. The van der Waals surface area contributed by atoms with Gasteiger partial charge in [0.1, 0.15) is 12.3 Å². The maximum Gasteiger partial charge on any atom is 0.245 e. The molecule has 0 radical (unpaired) electrons. The first-order valence-corrected chi connectivity index (χ1v) is 10.5. The van der Waals surface area contributed by atoms with Gasteiger partial charge in [-0.1, -0.05) is 17.7 Å². The van der Waals surface area contributed by atoms with E-state index in [4.69, 9.17) is 4.74 Å². The second-order valence-electron chi connectivity index (χ2n) is 6.52. The molecule has 2 aromatic rings. The summed E-state index contributed by atoms with van der Waals surface area (Å²) in [5.74, 6) is 0.295. The van der Waals surface area contributed by atoms with Crippen LogP contribution in [-0.4, -0.2) is 33.7 Å². The van der Waals surface area contributed by atoms with E-state index in [1.54, 1.807) is 24.3 Å². The molecule has 2 aromatic carbocycles. The Bertz CT molecular complexity index is 898. The van der Waals surface area contributed by atoms with Crippen molar-refractivity contribution in [1.29, 1.82) is 0 Å². The van der Waals surface area contributed by atoms with Crippen LogP contribution >= 0.6 is 0 Å². The summed E-state index contributed by atoms with van der Waals surface area (Å²) in [4.78, 5) is 12.5. The predicted molar refractivity (Wildman–Crippen MR) is 109 cm³/mol. The molecule has 1 N–H and O–H groups in total. The standard InChI is InChI=1S/C20H26N2O4S/c1-6-26-18-9-7-17(8-10-18)21-19(23)13-22(27(5,24)25)20-15(3)11-14(2)12-16(20)4/h7-12H,6,13H2,1-5H3,(H,21,23). The number of carbonyl (C=O) groups excluding carboxylic acids is 1. The molecule has 0 saturated heterocycles. The van der Waals surface area contributed by atoms with Gasteiger partial charge in [-0.3, -0.25) is 9.10 Å². The van der Waals surface area contributed by atoms with Crippen molar-refractivity contribution < 1.29 is 17.9 Å². The summed E-state index contributed by atoms with van der Waals surface area (Å²) in [5.41, 5.74) is 3.79. The number of anilines is 2. The first kappa shape index (κ1) is 20.8. The van der Waals surface area contributed by atoms with Gasteiger partial charge in [0, 0.05) is 5.69 Å². The van der Waals surface area contributed by atoms with E-state index < -0.39 is 15.9 Å². The molecule has 7 heteroatoms. The highest BCUT2D eigenvalue weighted by Crippen LogP contribution is 2.28. The molecule has 0 aliphatic rings. The SMILES string of the molecule is CCOc1ccc(NC(=O)CN(c2c(C)cc(C)cc2C)S(C)(=O)=O)cc1. The third kappa shape index (κ3) is 5.47. The van der Waals surface area contributed by atoms with Crippen LogP contribution in [0, 0.1) is 20.8 Å². The molecule has 0 aliphatic heterocycles. The zero-order valence-corrected chi connectivity index (χ0v) is 17.2. The van der Waals surface area contributed by atoms with Gasteiger partial charge < -0.3 is 10.1 Å². The molecule has 0 spiro atoms. The second-order valence-corrected chi connectivity index (χ2v) is 8.43.